The molecular weight excluding hydrogens is 216 g/mol. The first-order chi connectivity index (χ1) is 7.11. The van der Waals surface area contributed by atoms with Crippen molar-refractivity contribution in [3.8, 4) is 11.5 Å². The van der Waals surface area contributed by atoms with Crippen LogP contribution in [0.15, 0.2) is 6.07 Å². The molecule has 15 heavy (non-hydrogen) atoms. The van der Waals surface area contributed by atoms with Crippen LogP contribution in [0.3, 0.4) is 0 Å². The Morgan fingerprint density at radius 2 is 1.93 bits per heavy atom. The van der Waals surface area contributed by atoms with Crippen molar-refractivity contribution in [1.29, 1.82) is 0 Å². The Hall–Kier alpha value is -0.930. The molecule has 2 rings (SSSR count). The molecule has 1 aromatic rings. The van der Waals surface area contributed by atoms with Gasteiger partial charge in [-0.25, -0.2) is 0 Å². The average Bonchev–Trinajstić information content (AvgIpc) is 2.23. The summed E-state index contributed by atoms with van der Waals surface area (Å²) in [6.07, 6.45) is -0.557. The maximum Gasteiger partial charge on any atom is 0.180 e. The summed E-state index contributed by atoms with van der Waals surface area (Å²) in [5.74, 6) is 1.24. The molecule has 1 unspecified atom stereocenters. The molecule has 0 fully saturated rings. The number of aliphatic hydroxyl groups excluding tert-OH is 1. The summed E-state index contributed by atoms with van der Waals surface area (Å²) in [6, 6.07) is 1.73. The van der Waals surface area contributed by atoms with Crippen LogP contribution < -0.4 is 9.47 Å². The number of halogens is 1. The predicted molar refractivity (Wildman–Crippen MR) is 57.8 cm³/mol. The van der Waals surface area contributed by atoms with E-state index in [4.69, 9.17) is 21.1 Å². The zero-order valence-electron chi connectivity index (χ0n) is 8.71. The molecule has 82 valence electrons. The first-order valence-corrected chi connectivity index (χ1v) is 5.25. The summed E-state index contributed by atoms with van der Waals surface area (Å²) < 4.78 is 10.9. The molecule has 4 heteroatoms. The molecule has 0 aliphatic carbocycles. The maximum atomic E-state index is 9.58. The molecule has 0 bridgehead atoms. The molecule has 0 amide bonds. The van der Waals surface area contributed by atoms with Crippen molar-refractivity contribution in [3.05, 3.63) is 22.2 Å². The van der Waals surface area contributed by atoms with Gasteiger partial charge in [0.1, 0.15) is 13.2 Å². The topological polar surface area (TPSA) is 38.7 Å². The fraction of sp³-hybridized carbons (Fsp3) is 0.455. The highest BCUT2D eigenvalue weighted by Crippen LogP contribution is 2.42. The number of rotatable bonds is 1. The molecule has 1 aliphatic heterocycles. The van der Waals surface area contributed by atoms with Gasteiger partial charge < -0.3 is 14.6 Å². The minimum absolute atomic E-state index is 0.492. The second-order valence-electron chi connectivity index (χ2n) is 3.60. The summed E-state index contributed by atoms with van der Waals surface area (Å²) in [6.45, 7) is 4.63. The van der Waals surface area contributed by atoms with Crippen LogP contribution in [-0.2, 0) is 0 Å². The average molecular weight is 229 g/mol. The lowest BCUT2D eigenvalue weighted by molar-refractivity contribution is 0.167. The van der Waals surface area contributed by atoms with E-state index in [1.165, 1.54) is 0 Å². The number of ether oxygens (including phenoxy) is 2. The lowest BCUT2D eigenvalue weighted by Gasteiger charge is -2.23. The third kappa shape index (κ3) is 1.77. The minimum atomic E-state index is -0.557. The van der Waals surface area contributed by atoms with E-state index in [0.29, 0.717) is 29.7 Å². The van der Waals surface area contributed by atoms with E-state index in [1.54, 1.807) is 13.0 Å². The van der Waals surface area contributed by atoms with Crippen molar-refractivity contribution < 1.29 is 14.6 Å². The highest BCUT2D eigenvalue weighted by atomic mass is 35.5. The standard InChI is InChI=1S/C11H13ClO3/c1-6-8(7(2)13)5-9(12)11-10(6)14-3-4-15-11/h5,7,13H,3-4H2,1-2H3. The molecule has 1 aromatic carbocycles. The number of fused-ring (bicyclic) bond motifs is 1. The molecule has 3 nitrogen and oxygen atoms in total. The van der Waals surface area contributed by atoms with E-state index in [0.717, 1.165) is 11.1 Å². The molecule has 0 saturated carbocycles. The zero-order chi connectivity index (χ0) is 11.0. The Bertz CT molecular complexity index is 388. The van der Waals surface area contributed by atoms with Gasteiger partial charge in [0.05, 0.1) is 11.1 Å². The fourth-order valence-corrected chi connectivity index (χ4v) is 2.01. The van der Waals surface area contributed by atoms with Gasteiger partial charge in [0.25, 0.3) is 0 Å². The molecule has 0 aromatic heterocycles. The van der Waals surface area contributed by atoms with Gasteiger partial charge in [-0.05, 0) is 25.5 Å². The molecule has 1 heterocycles. The lowest BCUT2D eigenvalue weighted by Crippen LogP contribution is -2.17. The zero-order valence-corrected chi connectivity index (χ0v) is 9.47. The van der Waals surface area contributed by atoms with Crippen LogP contribution in [0.2, 0.25) is 5.02 Å². The van der Waals surface area contributed by atoms with E-state index in [9.17, 15) is 5.11 Å². The smallest absolute Gasteiger partial charge is 0.180 e. The number of hydrogen-bond donors (Lipinski definition) is 1. The van der Waals surface area contributed by atoms with Gasteiger partial charge in [-0.2, -0.15) is 0 Å². The van der Waals surface area contributed by atoms with Crippen LogP contribution in [0.25, 0.3) is 0 Å². The fourth-order valence-electron chi connectivity index (χ4n) is 1.75. The second kappa shape index (κ2) is 3.91. The molecule has 0 radical (unpaired) electrons. The molecule has 1 atom stereocenters. The first kappa shape index (κ1) is 10.6. The number of hydrogen-bond acceptors (Lipinski definition) is 3. The molecule has 0 saturated heterocycles. The summed E-state index contributed by atoms with van der Waals surface area (Å²) in [7, 11) is 0. The van der Waals surface area contributed by atoms with E-state index in [2.05, 4.69) is 0 Å². The minimum Gasteiger partial charge on any atom is -0.486 e. The van der Waals surface area contributed by atoms with Crippen LogP contribution in [-0.4, -0.2) is 18.3 Å². The van der Waals surface area contributed by atoms with E-state index in [-0.39, 0.29) is 0 Å². The van der Waals surface area contributed by atoms with Crippen molar-refractivity contribution in [1.82, 2.24) is 0 Å². The molecule has 1 N–H and O–H groups in total. The van der Waals surface area contributed by atoms with E-state index < -0.39 is 6.10 Å². The highest BCUT2D eigenvalue weighted by Gasteiger charge is 2.21. The molecule has 0 spiro atoms. The summed E-state index contributed by atoms with van der Waals surface area (Å²) in [5.41, 5.74) is 1.67. The predicted octanol–water partition coefficient (Wildman–Crippen LogP) is 2.47. The Morgan fingerprint density at radius 1 is 1.33 bits per heavy atom. The third-order valence-electron chi connectivity index (χ3n) is 2.51. The van der Waals surface area contributed by atoms with Gasteiger partial charge in [-0.3, -0.25) is 0 Å². The van der Waals surface area contributed by atoms with Crippen LogP contribution in [0.5, 0.6) is 11.5 Å². The quantitative estimate of drug-likeness (QED) is 0.803. The van der Waals surface area contributed by atoms with Crippen molar-refractivity contribution in [2.45, 2.75) is 20.0 Å². The highest BCUT2D eigenvalue weighted by molar-refractivity contribution is 6.32. The van der Waals surface area contributed by atoms with Gasteiger partial charge in [-0.15, -0.1) is 0 Å². The van der Waals surface area contributed by atoms with Crippen LogP contribution >= 0.6 is 11.6 Å². The van der Waals surface area contributed by atoms with Crippen molar-refractivity contribution in [2.75, 3.05) is 13.2 Å². The molecule has 1 aliphatic rings. The van der Waals surface area contributed by atoms with E-state index in [1.807, 2.05) is 6.92 Å². The van der Waals surface area contributed by atoms with Gasteiger partial charge in [-0.1, -0.05) is 11.6 Å². The van der Waals surface area contributed by atoms with Crippen molar-refractivity contribution >= 4 is 11.6 Å². The van der Waals surface area contributed by atoms with Crippen molar-refractivity contribution in [2.24, 2.45) is 0 Å². The van der Waals surface area contributed by atoms with Crippen LogP contribution in [0.1, 0.15) is 24.2 Å². The van der Waals surface area contributed by atoms with Gasteiger partial charge in [0.15, 0.2) is 11.5 Å². The SMILES string of the molecule is Cc1c(C(C)O)cc(Cl)c2c1OCCO2. The van der Waals surface area contributed by atoms with Gasteiger partial charge >= 0.3 is 0 Å². The van der Waals surface area contributed by atoms with Crippen LogP contribution in [0.4, 0.5) is 0 Å². The number of aliphatic hydroxyl groups is 1. The summed E-state index contributed by atoms with van der Waals surface area (Å²) in [4.78, 5) is 0. The Kier molecular flexibility index (Phi) is 2.76. The summed E-state index contributed by atoms with van der Waals surface area (Å²) in [5, 5.41) is 10.1. The van der Waals surface area contributed by atoms with Gasteiger partial charge in [0.2, 0.25) is 0 Å². The van der Waals surface area contributed by atoms with Crippen molar-refractivity contribution in [3.63, 3.8) is 0 Å². The Morgan fingerprint density at radius 3 is 2.53 bits per heavy atom. The summed E-state index contributed by atoms with van der Waals surface area (Å²) >= 11 is 6.05. The Balaban J connectivity index is 2.59. The van der Waals surface area contributed by atoms with Gasteiger partial charge in [0, 0.05) is 5.56 Å². The first-order valence-electron chi connectivity index (χ1n) is 4.88. The normalized spacial score (nSPS) is 16.3. The number of benzene rings is 1. The van der Waals surface area contributed by atoms with E-state index >= 15 is 0 Å². The Labute approximate surface area is 93.6 Å². The molecular formula is C11H13ClO3. The monoisotopic (exact) mass is 228 g/mol. The largest absolute Gasteiger partial charge is 0.486 e. The second-order valence-corrected chi connectivity index (χ2v) is 4.01. The van der Waals surface area contributed by atoms with Crippen LogP contribution in [0, 0.1) is 6.92 Å². The third-order valence-corrected chi connectivity index (χ3v) is 2.79. The lowest BCUT2D eigenvalue weighted by atomic mass is 10.0. The maximum absolute atomic E-state index is 9.58.